The molecule has 5 nitrogen and oxygen atoms in total. The number of guanidine groups is 1. The number of hydrogen-bond acceptors (Lipinski definition) is 5. The third kappa shape index (κ3) is 5.39. The summed E-state index contributed by atoms with van der Waals surface area (Å²) in [6, 6.07) is 10.3. The van der Waals surface area contributed by atoms with E-state index in [1.165, 1.54) is 4.88 Å². The van der Waals surface area contributed by atoms with Crippen molar-refractivity contribution >= 4 is 28.6 Å². The van der Waals surface area contributed by atoms with Crippen LogP contribution < -0.4 is 10.6 Å². The molecule has 0 saturated carbocycles. The highest BCUT2D eigenvalue weighted by Crippen LogP contribution is 2.28. The molecule has 0 bridgehead atoms. The van der Waals surface area contributed by atoms with Gasteiger partial charge in [0, 0.05) is 22.4 Å². The van der Waals surface area contributed by atoms with Gasteiger partial charge in [-0.05, 0) is 19.8 Å². The van der Waals surface area contributed by atoms with Crippen molar-refractivity contribution in [2.75, 3.05) is 6.54 Å². The molecule has 3 rings (SSSR count). The van der Waals surface area contributed by atoms with Gasteiger partial charge in [-0.1, -0.05) is 44.2 Å². The third-order valence-corrected chi connectivity index (χ3v) is 6.26. The fourth-order valence-electron chi connectivity index (χ4n) is 2.60. The molecule has 2 aromatic heterocycles. The van der Waals surface area contributed by atoms with Crippen molar-refractivity contribution in [3.8, 4) is 10.6 Å². The van der Waals surface area contributed by atoms with E-state index in [0.717, 1.165) is 39.5 Å². The number of thiazole rings is 2. The molecule has 7 heteroatoms. The van der Waals surface area contributed by atoms with Gasteiger partial charge in [-0.25, -0.2) is 15.0 Å². The Hall–Kier alpha value is -2.25. The van der Waals surface area contributed by atoms with E-state index in [1.807, 2.05) is 18.2 Å². The van der Waals surface area contributed by atoms with Crippen LogP contribution in [-0.2, 0) is 13.1 Å². The Morgan fingerprint density at radius 1 is 1.14 bits per heavy atom. The molecule has 0 aliphatic carbocycles. The van der Waals surface area contributed by atoms with E-state index < -0.39 is 0 Å². The first kappa shape index (κ1) is 20.5. The molecular weight excluding hydrogens is 386 g/mol. The highest BCUT2D eigenvalue weighted by molar-refractivity contribution is 7.15. The van der Waals surface area contributed by atoms with E-state index in [0.29, 0.717) is 19.0 Å². The van der Waals surface area contributed by atoms with Gasteiger partial charge in [0.1, 0.15) is 10.0 Å². The molecule has 2 N–H and O–H groups in total. The van der Waals surface area contributed by atoms with Crippen LogP contribution >= 0.6 is 22.7 Å². The summed E-state index contributed by atoms with van der Waals surface area (Å²) in [5.74, 6) is 1.26. The molecule has 0 aliphatic heterocycles. The van der Waals surface area contributed by atoms with Gasteiger partial charge >= 0.3 is 0 Å². The van der Waals surface area contributed by atoms with Crippen molar-refractivity contribution in [3.63, 3.8) is 0 Å². The quantitative estimate of drug-likeness (QED) is 0.425. The molecular formula is C21H27N5S2. The molecule has 0 saturated heterocycles. The number of hydrogen-bond donors (Lipinski definition) is 2. The van der Waals surface area contributed by atoms with Crippen molar-refractivity contribution in [1.29, 1.82) is 0 Å². The largest absolute Gasteiger partial charge is 0.357 e. The number of nitrogens with one attached hydrogen (secondary N) is 2. The second kappa shape index (κ2) is 9.80. The monoisotopic (exact) mass is 413 g/mol. The molecule has 0 spiro atoms. The Labute approximate surface area is 175 Å². The van der Waals surface area contributed by atoms with E-state index in [2.05, 4.69) is 60.8 Å². The lowest BCUT2D eigenvalue weighted by atomic mass is 10.2. The first-order valence-corrected chi connectivity index (χ1v) is 11.2. The number of rotatable bonds is 7. The zero-order valence-electron chi connectivity index (χ0n) is 16.8. The minimum Gasteiger partial charge on any atom is -0.357 e. The van der Waals surface area contributed by atoms with Crippen molar-refractivity contribution in [1.82, 2.24) is 20.6 Å². The minimum atomic E-state index is 0.458. The molecule has 3 aromatic rings. The van der Waals surface area contributed by atoms with Gasteiger partial charge in [-0.15, -0.1) is 22.7 Å². The molecule has 0 unspecified atom stereocenters. The van der Waals surface area contributed by atoms with E-state index in [9.17, 15) is 0 Å². The lowest BCUT2D eigenvalue weighted by molar-refractivity contribution is 0.788. The molecule has 0 radical (unpaired) electrons. The van der Waals surface area contributed by atoms with Crippen LogP contribution in [0.25, 0.3) is 10.6 Å². The Bertz CT molecular complexity index is 912. The van der Waals surface area contributed by atoms with Crippen LogP contribution in [0.2, 0.25) is 0 Å². The standard InChI is InChI=1S/C21H27N5S2/c1-5-22-21(24-12-19-26-17(13-27-19)14(2)3)23-11-18-15(4)25-20(28-18)16-9-7-6-8-10-16/h6-10,13-14H,5,11-12H2,1-4H3,(H2,22,23,24). The van der Waals surface area contributed by atoms with Crippen LogP contribution in [0.1, 0.15) is 48.0 Å². The molecule has 0 aliphatic rings. The molecule has 28 heavy (non-hydrogen) atoms. The van der Waals surface area contributed by atoms with Crippen LogP contribution in [0, 0.1) is 6.92 Å². The van der Waals surface area contributed by atoms with Gasteiger partial charge in [0.15, 0.2) is 5.96 Å². The molecule has 0 fully saturated rings. The summed E-state index contributed by atoms with van der Waals surface area (Å²) >= 11 is 3.40. The lowest BCUT2D eigenvalue weighted by Crippen LogP contribution is -2.36. The van der Waals surface area contributed by atoms with Crippen molar-refractivity contribution < 1.29 is 0 Å². The summed E-state index contributed by atoms with van der Waals surface area (Å²) < 4.78 is 0. The van der Waals surface area contributed by atoms with Gasteiger partial charge < -0.3 is 10.6 Å². The third-order valence-electron chi connectivity index (χ3n) is 4.21. The predicted octanol–water partition coefficient (Wildman–Crippen LogP) is 4.95. The molecule has 0 amide bonds. The van der Waals surface area contributed by atoms with Crippen molar-refractivity contribution in [3.05, 3.63) is 57.0 Å². The van der Waals surface area contributed by atoms with Gasteiger partial charge in [0.25, 0.3) is 0 Å². The van der Waals surface area contributed by atoms with Crippen LogP contribution in [0.5, 0.6) is 0 Å². The molecule has 1 aromatic carbocycles. The maximum Gasteiger partial charge on any atom is 0.191 e. The second-order valence-electron chi connectivity index (χ2n) is 6.76. The number of aromatic nitrogens is 2. The molecule has 2 heterocycles. The average Bonchev–Trinajstić information content (AvgIpc) is 3.32. The van der Waals surface area contributed by atoms with E-state index in [1.54, 1.807) is 22.7 Å². The normalized spacial score (nSPS) is 11.8. The Balaban J connectivity index is 1.66. The summed E-state index contributed by atoms with van der Waals surface area (Å²) in [6.07, 6.45) is 0. The van der Waals surface area contributed by atoms with E-state index in [-0.39, 0.29) is 0 Å². The van der Waals surface area contributed by atoms with E-state index in [4.69, 9.17) is 9.98 Å². The van der Waals surface area contributed by atoms with Crippen LogP contribution in [-0.4, -0.2) is 22.5 Å². The second-order valence-corrected chi connectivity index (χ2v) is 8.79. The topological polar surface area (TPSA) is 62.2 Å². The Kier molecular flexibility index (Phi) is 7.17. The van der Waals surface area contributed by atoms with Gasteiger partial charge in [0.2, 0.25) is 0 Å². The summed E-state index contributed by atoms with van der Waals surface area (Å²) in [5, 5.41) is 11.0. The van der Waals surface area contributed by atoms with Crippen LogP contribution in [0.3, 0.4) is 0 Å². The first-order chi connectivity index (χ1) is 13.6. The fourth-order valence-corrected chi connectivity index (χ4v) is 4.49. The summed E-state index contributed by atoms with van der Waals surface area (Å²) in [6.45, 7) is 10.6. The Morgan fingerprint density at radius 2 is 1.93 bits per heavy atom. The number of aliphatic imine (C=N–C) groups is 1. The van der Waals surface area contributed by atoms with E-state index >= 15 is 0 Å². The maximum absolute atomic E-state index is 4.75. The zero-order valence-corrected chi connectivity index (χ0v) is 18.5. The smallest absolute Gasteiger partial charge is 0.191 e. The van der Waals surface area contributed by atoms with Gasteiger partial charge in [0.05, 0.1) is 24.5 Å². The van der Waals surface area contributed by atoms with Crippen molar-refractivity contribution in [2.24, 2.45) is 4.99 Å². The highest BCUT2D eigenvalue weighted by atomic mass is 32.1. The fraction of sp³-hybridized carbons (Fsp3) is 0.381. The molecule has 148 valence electrons. The number of nitrogens with zero attached hydrogens (tertiary/aromatic N) is 3. The average molecular weight is 414 g/mol. The summed E-state index contributed by atoms with van der Waals surface area (Å²) in [7, 11) is 0. The van der Waals surface area contributed by atoms with Crippen LogP contribution in [0.15, 0.2) is 40.7 Å². The Morgan fingerprint density at radius 3 is 2.61 bits per heavy atom. The number of benzene rings is 1. The first-order valence-electron chi connectivity index (χ1n) is 9.55. The highest BCUT2D eigenvalue weighted by Gasteiger charge is 2.10. The SMILES string of the molecule is CCNC(=NCc1sc(-c2ccccc2)nc1C)NCc1nc(C(C)C)cs1. The molecule has 0 atom stereocenters. The predicted molar refractivity (Wildman–Crippen MR) is 120 cm³/mol. The minimum absolute atomic E-state index is 0.458. The zero-order chi connectivity index (χ0) is 19.9. The van der Waals surface area contributed by atoms with Gasteiger partial charge in [-0.2, -0.15) is 0 Å². The summed E-state index contributed by atoms with van der Waals surface area (Å²) in [4.78, 5) is 15.3. The summed E-state index contributed by atoms with van der Waals surface area (Å²) in [5.41, 5.74) is 3.35. The van der Waals surface area contributed by atoms with Crippen molar-refractivity contribution in [2.45, 2.75) is 46.7 Å². The van der Waals surface area contributed by atoms with Gasteiger partial charge in [-0.3, -0.25) is 0 Å². The number of aryl methyl sites for hydroxylation is 1. The maximum atomic E-state index is 4.75. The van der Waals surface area contributed by atoms with Crippen LogP contribution in [0.4, 0.5) is 0 Å². The lowest BCUT2D eigenvalue weighted by Gasteiger charge is -2.09.